The van der Waals surface area contributed by atoms with Gasteiger partial charge in [-0.2, -0.15) is 18.3 Å². The van der Waals surface area contributed by atoms with Crippen molar-refractivity contribution >= 4 is 24.0 Å². The monoisotopic (exact) mass is 312 g/mol. The Morgan fingerprint density at radius 1 is 1.60 bits per heavy atom. The highest BCUT2D eigenvalue weighted by molar-refractivity contribution is 5.92. The summed E-state index contributed by atoms with van der Waals surface area (Å²) in [6, 6.07) is 0. The molecule has 1 unspecified atom stereocenters. The molecule has 1 saturated heterocycles. The van der Waals surface area contributed by atoms with Crippen molar-refractivity contribution in [2.45, 2.75) is 19.6 Å². The van der Waals surface area contributed by atoms with Crippen LogP contribution in [0.2, 0.25) is 0 Å². The molecule has 20 heavy (non-hydrogen) atoms. The van der Waals surface area contributed by atoms with Gasteiger partial charge in [-0.3, -0.25) is 9.48 Å². The number of rotatable bonds is 4. The predicted molar refractivity (Wildman–Crippen MR) is 69.7 cm³/mol. The molecule has 1 aliphatic heterocycles. The fourth-order valence-electron chi connectivity index (χ4n) is 1.83. The summed E-state index contributed by atoms with van der Waals surface area (Å²) in [5.74, 6) is -0.0875. The van der Waals surface area contributed by atoms with Gasteiger partial charge >= 0.3 is 6.18 Å². The molecule has 2 N–H and O–H groups in total. The highest BCUT2D eigenvalue weighted by Gasteiger charge is 2.30. The molecule has 2 rings (SSSR count). The van der Waals surface area contributed by atoms with E-state index in [1.807, 2.05) is 0 Å². The summed E-state index contributed by atoms with van der Waals surface area (Å²) in [7, 11) is 0. The van der Waals surface area contributed by atoms with E-state index in [0.29, 0.717) is 0 Å². The van der Waals surface area contributed by atoms with Gasteiger partial charge in [-0.05, 0) is 19.0 Å². The number of anilines is 1. The first kappa shape index (κ1) is 16.8. The van der Waals surface area contributed by atoms with Gasteiger partial charge in [0.2, 0.25) is 5.91 Å². The van der Waals surface area contributed by atoms with E-state index in [0.717, 1.165) is 17.8 Å². The van der Waals surface area contributed by atoms with E-state index in [-0.39, 0.29) is 35.8 Å². The van der Waals surface area contributed by atoms with E-state index >= 15 is 0 Å². The molecule has 0 bridgehead atoms. The number of aromatic nitrogens is 2. The number of nitrogens with zero attached hydrogens (tertiary/aromatic N) is 2. The van der Waals surface area contributed by atoms with Crippen molar-refractivity contribution in [3.63, 3.8) is 0 Å². The van der Waals surface area contributed by atoms with Gasteiger partial charge in [-0.25, -0.2) is 0 Å². The average molecular weight is 313 g/mol. The highest BCUT2D eigenvalue weighted by atomic mass is 35.5. The number of amides is 1. The van der Waals surface area contributed by atoms with Crippen molar-refractivity contribution in [1.29, 1.82) is 0 Å². The smallest absolute Gasteiger partial charge is 0.323 e. The standard InChI is InChI=1S/C11H15F3N4O.ClH/c1-7(8-2-15-3-8)10(19)17-9-4-16-18(5-9)6-11(12,13)14;/h4-5,7-8,15H,2-3,6H2,1H3,(H,17,19);1H. The van der Waals surface area contributed by atoms with Gasteiger partial charge in [0.1, 0.15) is 6.54 Å². The Morgan fingerprint density at radius 3 is 2.75 bits per heavy atom. The molecular weight excluding hydrogens is 297 g/mol. The van der Waals surface area contributed by atoms with Crippen molar-refractivity contribution in [2.24, 2.45) is 11.8 Å². The maximum Gasteiger partial charge on any atom is 0.408 e. The molecule has 1 fully saturated rings. The minimum absolute atomic E-state index is 0. The van der Waals surface area contributed by atoms with Crippen molar-refractivity contribution in [3.05, 3.63) is 12.4 Å². The summed E-state index contributed by atoms with van der Waals surface area (Å²) in [6.07, 6.45) is -1.93. The van der Waals surface area contributed by atoms with Crippen LogP contribution in [0.4, 0.5) is 18.9 Å². The Bertz CT molecular complexity index is 459. The van der Waals surface area contributed by atoms with Crippen molar-refractivity contribution in [3.8, 4) is 0 Å². The highest BCUT2D eigenvalue weighted by Crippen LogP contribution is 2.20. The third-order valence-corrected chi connectivity index (χ3v) is 3.18. The third-order valence-electron chi connectivity index (χ3n) is 3.18. The van der Waals surface area contributed by atoms with Crippen LogP contribution in [0.1, 0.15) is 6.92 Å². The van der Waals surface area contributed by atoms with Gasteiger partial charge in [0, 0.05) is 12.1 Å². The van der Waals surface area contributed by atoms with Crippen LogP contribution in [0.5, 0.6) is 0 Å². The minimum Gasteiger partial charge on any atom is -0.323 e. The summed E-state index contributed by atoms with van der Waals surface area (Å²) in [5.41, 5.74) is 0.286. The lowest BCUT2D eigenvalue weighted by atomic mass is 9.88. The first-order valence-corrected chi connectivity index (χ1v) is 5.96. The Morgan fingerprint density at radius 2 is 2.25 bits per heavy atom. The molecule has 9 heteroatoms. The molecule has 0 saturated carbocycles. The molecular formula is C11H16ClF3N4O. The largest absolute Gasteiger partial charge is 0.408 e. The number of halogens is 4. The molecule has 1 aromatic rings. The second-order valence-electron chi connectivity index (χ2n) is 4.74. The van der Waals surface area contributed by atoms with Gasteiger partial charge in [0.15, 0.2) is 0 Å². The molecule has 114 valence electrons. The van der Waals surface area contributed by atoms with E-state index in [1.54, 1.807) is 6.92 Å². The van der Waals surface area contributed by atoms with Crippen LogP contribution >= 0.6 is 12.4 Å². The Balaban J connectivity index is 0.00000200. The fraction of sp³-hybridized carbons (Fsp3) is 0.636. The van der Waals surface area contributed by atoms with Crippen LogP contribution < -0.4 is 10.6 Å². The first-order valence-electron chi connectivity index (χ1n) is 5.96. The van der Waals surface area contributed by atoms with Crippen LogP contribution in [0.15, 0.2) is 12.4 Å². The van der Waals surface area contributed by atoms with Gasteiger partial charge in [0.05, 0.1) is 11.9 Å². The topological polar surface area (TPSA) is 59.0 Å². The van der Waals surface area contributed by atoms with Crippen molar-refractivity contribution in [1.82, 2.24) is 15.1 Å². The minimum atomic E-state index is -4.32. The summed E-state index contributed by atoms with van der Waals surface area (Å²) in [6.45, 7) is 2.23. The molecule has 5 nitrogen and oxygen atoms in total. The van der Waals surface area contributed by atoms with Crippen LogP contribution in [-0.2, 0) is 11.3 Å². The molecule has 1 aromatic heterocycles. The zero-order valence-corrected chi connectivity index (χ0v) is 11.6. The molecule has 1 amide bonds. The van der Waals surface area contributed by atoms with E-state index in [1.165, 1.54) is 12.4 Å². The van der Waals surface area contributed by atoms with Gasteiger partial charge in [-0.1, -0.05) is 6.92 Å². The molecule has 1 aliphatic rings. The van der Waals surface area contributed by atoms with Crippen molar-refractivity contribution < 1.29 is 18.0 Å². The molecule has 0 aliphatic carbocycles. The lowest BCUT2D eigenvalue weighted by molar-refractivity contribution is -0.142. The second-order valence-corrected chi connectivity index (χ2v) is 4.74. The predicted octanol–water partition coefficient (Wildman–Crippen LogP) is 1.66. The number of hydrogen-bond donors (Lipinski definition) is 2. The zero-order valence-electron chi connectivity index (χ0n) is 10.8. The van der Waals surface area contributed by atoms with Gasteiger partial charge in [-0.15, -0.1) is 12.4 Å². The summed E-state index contributed by atoms with van der Waals surface area (Å²) >= 11 is 0. The quantitative estimate of drug-likeness (QED) is 0.889. The lowest BCUT2D eigenvalue weighted by Crippen LogP contribution is -2.48. The van der Waals surface area contributed by atoms with Crippen LogP contribution in [0, 0.1) is 11.8 Å². The first-order chi connectivity index (χ1) is 8.85. The van der Waals surface area contributed by atoms with Crippen molar-refractivity contribution in [2.75, 3.05) is 18.4 Å². The van der Waals surface area contributed by atoms with Crippen LogP contribution in [0.3, 0.4) is 0 Å². The van der Waals surface area contributed by atoms with Gasteiger partial charge < -0.3 is 10.6 Å². The fourth-order valence-corrected chi connectivity index (χ4v) is 1.83. The van der Waals surface area contributed by atoms with E-state index in [9.17, 15) is 18.0 Å². The number of nitrogens with one attached hydrogen (secondary N) is 2. The number of alkyl halides is 3. The molecule has 1 atom stereocenters. The Hall–Kier alpha value is -1.28. The summed E-state index contributed by atoms with van der Waals surface area (Å²) in [4.78, 5) is 11.8. The SMILES string of the molecule is CC(C(=O)Nc1cnn(CC(F)(F)F)c1)C1CNC1.Cl. The van der Waals surface area contributed by atoms with E-state index in [4.69, 9.17) is 0 Å². The normalized spacial score (nSPS) is 17.0. The molecule has 0 aromatic carbocycles. The maximum absolute atomic E-state index is 12.1. The zero-order chi connectivity index (χ0) is 14.0. The van der Waals surface area contributed by atoms with Crippen LogP contribution in [0.25, 0.3) is 0 Å². The second kappa shape index (κ2) is 6.45. The maximum atomic E-state index is 12.1. The van der Waals surface area contributed by atoms with Crippen LogP contribution in [-0.4, -0.2) is 35.0 Å². The number of carbonyl (C=O) groups is 1. The summed E-state index contributed by atoms with van der Waals surface area (Å²) in [5, 5.41) is 9.21. The molecule has 0 spiro atoms. The molecule has 0 radical (unpaired) electrons. The number of hydrogen-bond acceptors (Lipinski definition) is 3. The average Bonchev–Trinajstić information content (AvgIpc) is 2.59. The van der Waals surface area contributed by atoms with Gasteiger partial charge in [0.25, 0.3) is 0 Å². The number of carbonyl (C=O) groups excluding carboxylic acids is 1. The Labute approximate surface area is 120 Å². The summed E-state index contributed by atoms with van der Waals surface area (Å²) < 4.78 is 37.2. The third kappa shape index (κ3) is 4.38. The van der Waals surface area contributed by atoms with E-state index < -0.39 is 12.7 Å². The van der Waals surface area contributed by atoms with E-state index in [2.05, 4.69) is 15.7 Å². The molecule has 2 heterocycles. The lowest BCUT2D eigenvalue weighted by Gasteiger charge is -2.31. The Kier molecular flexibility index (Phi) is 5.41.